The van der Waals surface area contributed by atoms with Crippen LogP contribution in [-0.4, -0.2) is 47.3 Å². The molecule has 0 bridgehead atoms. The topological polar surface area (TPSA) is 86.2 Å². The highest BCUT2D eigenvalue weighted by Gasteiger charge is 2.25. The van der Waals surface area contributed by atoms with Gasteiger partial charge in [-0.05, 0) is 63.4 Å². The predicted octanol–water partition coefficient (Wildman–Crippen LogP) is 2.38. The SMILES string of the molecule is Cc1[nH]ncc1CCCNC(=O)NC[C@H](c1ccco1)N1CCCC1. The largest absolute Gasteiger partial charge is 0.468 e. The number of hydrogen-bond acceptors (Lipinski definition) is 4. The molecule has 0 spiro atoms. The van der Waals surface area contributed by atoms with Gasteiger partial charge in [0.1, 0.15) is 5.76 Å². The predicted molar refractivity (Wildman–Crippen MR) is 95.3 cm³/mol. The van der Waals surface area contributed by atoms with Gasteiger partial charge in [-0.2, -0.15) is 5.10 Å². The molecule has 1 aliphatic heterocycles. The van der Waals surface area contributed by atoms with Crippen LogP contribution in [-0.2, 0) is 6.42 Å². The Morgan fingerprint density at radius 1 is 1.40 bits per heavy atom. The molecule has 1 aliphatic rings. The number of hydrogen-bond donors (Lipinski definition) is 3. The van der Waals surface area contributed by atoms with Gasteiger partial charge in [0, 0.05) is 18.8 Å². The van der Waals surface area contributed by atoms with Gasteiger partial charge < -0.3 is 15.1 Å². The minimum atomic E-state index is -0.125. The highest BCUT2D eigenvalue weighted by atomic mass is 16.3. The number of urea groups is 1. The van der Waals surface area contributed by atoms with E-state index in [0.717, 1.165) is 37.4 Å². The summed E-state index contributed by atoms with van der Waals surface area (Å²) >= 11 is 0. The van der Waals surface area contributed by atoms with E-state index in [4.69, 9.17) is 4.42 Å². The number of nitrogens with one attached hydrogen (secondary N) is 3. The van der Waals surface area contributed by atoms with Crippen LogP contribution in [0.5, 0.6) is 0 Å². The highest BCUT2D eigenvalue weighted by Crippen LogP contribution is 2.24. The summed E-state index contributed by atoms with van der Waals surface area (Å²) < 4.78 is 5.57. The summed E-state index contributed by atoms with van der Waals surface area (Å²) in [4.78, 5) is 14.4. The molecule has 1 fully saturated rings. The zero-order chi connectivity index (χ0) is 17.5. The molecular formula is C18H27N5O2. The van der Waals surface area contributed by atoms with Crippen molar-refractivity contribution in [2.45, 2.75) is 38.6 Å². The number of amides is 2. The summed E-state index contributed by atoms with van der Waals surface area (Å²) in [6.45, 7) is 5.32. The number of rotatable bonds is 8. The van der Waals surface area contributed by atoms with E-state index in [-0.39, 0.29) is 12.1 Å². The Bertz CT molecular complexity index is 646. The van der Waals surface area contributed by atoms with Gasteiger partial charge in [0.2, 0.25) is 0 Å². The van der Waals surface area contributed by atoms with Crippen LogP contribution < -0.4 is 10.6 Å². The summed E-state index contributed by atoms with van der Waals surface area (Å²) in [6, 6.07) is 3.86. The summed E-state index contributed by atoms with van der Waals surface area (Å²) in [5.41, 5.74) is 2.30. The Morgan fingerprint density at radius 2 is 2.24 bits per heavy atom. The van der Waals surface area contributed by atoms with Crippen LogP contribution >= 0.6 is 0 Å². The number of carbonyl (C=O) groups excluding carboxylic acids is 1. The number of nitrogens with zero attached hydrogens (tertiary/aromatic N) is 2. The first-order chi connectivity index (χ1) is 12.2. The number of aromatic nitrogens is 2. The summed E-state index contributed by atoms with van der Waals surface area (Å²) in [5.74, 6) is 0.914. The van der Waals surface area contributed by atoms with Gasteiger partial charge >= 0.3 is 6.03 Å². The summed E-state index contributed by atoms with van der Waals surface area (Å²) in [6.07, 6.45) is 7.75. The number of furan rings is 1. The van der Waals surface area contributed by atoms with Gasteiger partial charge in [-0.25, -0.2) is 4.79 Å². The molecule has 25 heavy (non-hydrogen) atoms. The Hall–Kier alpha value is -2.28. The fourth-order valence-electron chi connectivity index (χ4n) is 3.30. The number of H-pyrrole nitrogens is 1. The fourth-order valence-corrected chi connectivity index (χ4v) is 3.30. The minimum absolute atomic E-state index is 0.108. The second-order valence-corrected chi connectivity index (χ2v) is 6.53. The van der Waals surface area contributed by atoms with E-state index < -0.39 is 0 Å². The van der Waals surface area contributed by atoms with Crippen molar-refractivity contribution in [1.82, 2.24) is 25.7 Å². The summed E-state index contributed by atoms with van der Waals surface area (Å²) in [5, 5.41) is 12.8. The van der Waals surface area contributed by atoms with Gasteiger partial charge in [-0.15, -0.1) is 0 Å². The molecule has 1 saturated heterocycles. The lowest BCUT2D eigenvalue weighted by molar-refractivity contribution is 0.203. The monoisotopic (exact) mass is 345 g/mol. The average molecular weight is 345 g/mol. The molecule has 3 rings (SSSR count). The quantitative estimate of drug-likeness (QED) is 0.641. The third kappa shape index (κ3) is 4.85. The van der Waals surface area contributed by atoms with Crippen LogP contribution in [0.1, 0.15) is 42.3 Å². The third-order valence-corrected chi connectivity index (χ3v) is 4.75. The maximum absolute atomic E-state index is 12.1. The van der Waals surface area contributed by atoms with E-state index in [0.29, 0.717) is 13.1 Å². The van der Waals surface area contributed by atoms with Crippen LogP contribution in [0.25, 0.3) is 0 Å². The average Bonchev–Trinajstić information content (AvgIpc) is 3.36. The van der Waals surface area contributed by atoms with Gasteiger partial charge in [-0.1, -0.05) is 0 Å². The normalized spacial score (nSPS) is 16.0. The van der Waals surface area contributed by atoms with Crippen molar-refractivity contribution in [2.75, 3.05) is 26.2 Å². The Balaban J connectivity index is 1.40. The first-order valence-corrected chi connectivity index (χ1v) is 9.02. The molecule has 0 aliphatic carbocycles. The lowest BCUT2D eigenvalue weighted by Crippen LogP contribution is -2.41. The minimum Gasteiger partial charge on any atom is -0.468 e. The Morgan fingerprint density at radius 3 is 2.92 bits per heavy atom. The Labute approximate surface area is 148 Å². The number of aromatic amines is 1. The van der Waals surface area contributed by atoms with Crippen molar-refractivity contribution in [3.63, 3.8) is 0 Å². The molecule has 2 aromatic heterocycles. The highest BCUT2D eigenvalue weighted by molar-refractivity contribution is 5.73. The summed E-state index contributed by atoms with van der Waals surface area (Å²) in [7, 11) is 0. The smallest absolute Gasteiger partial charge is 0.314 e. The van der Waals surface area contributed by atoms with Crippen LogP contribution in [0.15, 0.2) is 29.0 Å². The number of likely N-dealkylation sites (tertiary alicyclic amines) is 1. The van der Waals surface area contributed by atoms with Crippen molar-refractivity contribution >= 4 is 6.03 Å². The molecule has 136 valence electrons. The third-order valence-electron chi connectivity index (χ3n) is 4.75. The van der Waals surface area contributed by atoms with Crippen molar-refractivity contribution in [3.8, 4) is 0 Å². The van der Waals surface area contributed by atoms with Crippen molar-refractivity contribution in [3.05, 3.63) is 41.6 Å². The van der Waals surface area contributed by atoms with Crippen LogP contribution in [0.3, 0.4) is 0 Å². The van der Waals surface area contributed by atoms with Gasteiger partial charge in [0.15, 0.2) is 0 Å². The van der Waals surface area contributed by atoms with E-state index in [1.807, 2.05) is 25.3 Å². The van der Waals surface area contributed by atoms with Crippen molar-refractivity contribution in [2.24, 2.45) is 0 Å². The van der Waals surface area contributed by atoms with E-state index in [1.54, 1.807) is 6.26 Å². The molecule has 3 heterocycles. The molecule has 0 saturated carbocycles. The van der Waals surface area contributed by atoms with Crippen molar-refractivity contribution in [1.29, 1.82) is 0 Å². The lowest BCUT2D eigenvalue weighted by atomic mass is 10.1. The maximum atomic E-state index is 12.1. The number of aryl methyl sites for hydroxylation is 2. The molecule has 7 heteroatoms. The number of carbonyl (C=O) groups is 1. The van der Waals surface area contributed by atoms with E-state index >= 15 is 0 Å². The molecule has 7 nitrogen and oxygen atoms in total. The Kier molecular flexibility index (Phi) is 6.11. The molecule has 3 N–H and O–H groups in total. The van der Waals surface area contributed by atoms with Crippen LogP contribution in [0.4, 0.5) is 4.79 Å². The van der Waals surface area contributed by atoms with E-state index in [9.17, 15) is 4.79 Å². The fraction of sp³-hybridized carbons (Fsp3) is 0.556. The standard InChI is InChI=1S/C18H27N5O2/c1-14-15(12-21-22-14)6-4-8-19-18(24)20-13-16(17-7-5-11-25-17)23-9-2-3-10-23/h5,7,11-12,16H,2-4,6,8-10,13H2,1H3,(H,21,22)(H2,19,20,24)/t16-/m1/s1. The van der Waals surface area contributed by atoms with Crippen molar-refractivity contribution < 1.29 is 9.21 Å². The second kappa shape index (κ2) is 8.71. The molecular weight excluding hydrogens is 318 g/mol. The molecule has 0 unspecified atom stereocenters. The van der Waals surface area contributed by atoms with E-state index in [2.05, 4.69) is 25.7 Å². The maximum Gasteiger partial charge on any atom is 0.314 e. The first-order valence-electron chi connectivity index (χ1n) is 9.02. The zero-order valence-electron chi connectivity index (χ0n) is 14.8. The first kappa shape index (κ1) is 17.5. The molecule has 2 amide bonds. The molecule has 0 radical (unpaired) electrons. The van der Waals surface area contributed by atoms with E-state index in [1.165, 1.54) is 18.4 Å². The van der Waals surface area contributed by atoms with Gasteiger partial charge in [0.05, 0.1) is 18.5 Å². The zero-order valence-corrected chi connectivity index (χ0v) is 14.8. The van der Waals surface area contributed by atoms with Crippen LogP contribution in [0, 0.1) is 6.92 Å². The molecule has 2 aromatic rings. The van der Waals surface area contributed by atoms with Gasteiger partial charge in [-0.3, -0.25) is 10.00 Å². The molecule has 0 aromatic carbocycles. The second-order valence-electron chi connectivity index (χ2n) is 6.53. The van der Waals surface area contributed by atoms with Gasteiger partial charge in [0.25, 0.3) is 0 Å². The van der Waals surface area contributed by atoms with Crippen LogP contribution in [0.2, 0.25) is 0 Å². The molecule has 1 atom stereocenters. The lowest BCUT2D eigenvalue weighted by Gasteiger charge is -2.26.